The Morgan fingerprint density at radius 2 is 1.83 bits per heavy atom. The number of rotatable bonds is 9. The highest BCUT2D eigenvalue weighted by Crippen LogP contribution is 2.35. The van der Waals surface area contributed by atoms with E-state index < -0.39 is 5.82 Å². The minimum Gasteiger partial charge on any atom is -0.488 e. The molecule has 5 nitrogen and oxygen atoms in total. The smallest absolute Gasteiger partial charge is 0.242 e. The van der Waals surface area contributed by atoms with E-state index in [1.54, 1.807) is 34.4 Å². The summed E-state index contributed by atoms with van der Waals surface area (Å²) < 4.78 is 20.0. The highest BCUT2D eigenvalue weighted by Gasteiger charge is 2.35. The second kappa shape index (κ2) is 10.6. The van der Waals surface area contributed by atoms with Crippen LogP contribution in [0.15, 0.2) is 66.0 Å². The molecule has 2 amide bonds. The molecule has 3 aromatic rings. The van der Waals surface area contributed by atoms with Crippen molar-refractivity contribution >= 4 is 23.2 Å². The third-order valence-corrected chi connectivity index (χ3v) is 7.70. The van der Waals surface area contributed by atoms with Crippen LogP contribution in [0.25, 0.3) is 0 Å². The first kappa shape index (κ1) is 23.5. The number of fused-ring (bicyclic) bond motifs is 1. The van der Waals surface area contributed by atoms with Crippen molar-refractivity contribution in [2.45, 2.75) is 31.7 Å². The van der Waals surface area contributed by atoms with Crippen molar-refractivity contribution in [1.29, 1.82) is 0 Å². The molecule has 35 heavy (non-hydrogen) atoms. The Kier molecular flexibility index (Phi) is 7.13. The van der Waals surface area contributed by atoms with Crippen LogP contribution in [0.2, 0.25) is 0 Å². The molecule has 1 fully saturated rings. The van der Waals surface area contributed by atoms with E-state index in [9.17, 15) is 14.0 Å². The van der Waals surface area contributed by atoms with E-state index in [1.807, 2.05) is 46.7 Å². The van der Waals surface area contributed by atoms with Gasteiger partial charge in [-0.2, -0.15) is 0 Å². The average Bonchev–Trinajstić information content (AvgIpc) is 3.55. The van der Waals surface area contributed by atoms with E-state index in [0.29, 0.717) is 19.0 Å². The molecular weight excluding hydrogens is 463 g/mol. The molecule has 5 rings (SSSR count). The molecule has 1 aliphatic carbocycles. The molecule has 1 atom stereocenters. The molecule has 2 aliphatic rings. The largest absolute Gasteiger partial charge is 0.488 e. The Hall–Kier alpha value is -3.19. The molecule has 0 saturated heterocycles. The number of nitrogens with zero attached hydrogens (tertiary/aromatic N) is 2. The summed E-state index contributed by atoms with van der Waals surface area (Å²) in [4.78, 5) is 31.5. The van der Waals surface area contributed by atoms with E-state index in [2.05, 4.69) is 0 Å². The number of carbonyl (C=O) groups excluding carboxylic acids is 2. The molecule has 1 aromatic heterocycles. The van der Waals surface area contributed by atoms with E-state index in [4.69, 9.17) is 4.74 Å². The molecule has 2 aromatic carbocycles. The van der Waals surface area contributed by atoms with Crippen LogP contribution in [-0.4, -0.2) is 47.9 Å². The minimum atomic E-state index is -0.422. The van der Waals surface area contributed by atoms with Gasteiger partial charge in [0.15, 0.2) is 11.6 Å². The van der Waals surface area contributed by atoms with Gasteiger partial charge in [0, 0.05) is 18.0 Å². The van der Waals surface area contributed by atoms with Crippen molar-refractivity contribution in [3.05, 3.63) is 87.9 Å². The van der Waals surface area contributed by atoms with Crippen LogP contribution in [0.5, 0.6) is 5.75 Å². The fraction of sp³-hybridized carbons (Fsp3) is 0.357. The summed E-state index contributed by atoms with van der Waals surface area (Å²) in [7, 11) is 0. The summed E-state index contributed by atoms with van der Waals surface area (Å²) in [6.45, 7) is 1.39. The number of amides is 2. The maximum absolute atomic E-state index is 14.2. The van der Waals surface area contributed by atoms with Gasteiger partial charge in [-0.3, -0.25) is 9.59 Å². The number of ether oxygens (including phenoxy) is 1. The molecule has 0 N–H and O–H groups in total. The van der Waals surface area contributed by atoms with Gasteiger partial charge in [-0.1, -0.05) is 42.5 Å². The fourth-order valence-electron chi connectivity index (χ4n) is 4.61. The Morgan fingerprint density at radius 3 is 2.60 bits per heavy atom. The number of benzene rings is 2. The lowest BCUT2D eigenvalue weighted by Gasteiger charge is -2.37. The van der Waals surface area contributed by atoms with Gasteiger partial charge in [-0.05, 0) is 59.9 Å². The van der Waals surface area contributed by atoms with Crippen LogP contribution in [0.3, 0.4) is 0 Å². The van der Waals surface area contributed by atoms with Crippen LogP contribution in [0, 0.1) is 11.7 Å². The van der Waals surface area contributed by atoms with E-state index in [1.165, 1.54) is 10.9 Å². The summed E-state index contributed by atoms with van der Waals surface area (Å²) >= 11 is 1.67. The Bertz CT molecular complexity index is 1180. The number of hydrogen-bond acceptors (Lipinski definition) is 4. The lowest BCUT2D eigenvalue weighted by Crippen LogP contribution is -2.48. The van der Waals surface area contributed by atoms with Crippen LogP contribution in [-0.2, 0) is 22.4 Å². The van der Waals surface area contributed by atoms with Crippen molar-refractivity contribution in [2.24, 2.45) is 5.92 Å². The van der Waals surface area contributed by atoms with Crippen molar-refractivity contribution in [3.63, 3.8) is 0 Å². The summed E-state index contributed by atoms with van der Waals surface area (Å²) in [5, 5.41) is 2.03. The van der Waals surface area contributed by atoms with Crippen LogP contribution >= 0.6 is 11.3 Å². The van der Waals surface area contributed by atoms with Crippen molar-refractivity contribution in [2.75, 3.05) is 26.2 Å². The van der Waals surface area contributed by atoms with Gasteiger partial charge in [0.05, 0.1) is 19.0 Å². The molecule has 1 saturated carbocycles. The van der Waals surface area contributed by atoms with Crippen LogP contribution in [0.1, 0.15) is 34.9 Å². The monoisotopic (exact) mass is 492 g/mol. The number of carbonyl (C=O) groups is 2. The van der Waals surface area contributed by atoms with E-state index >= 15 is 0 Å². The van der Waals surface area contributed by atoms with Crippen LogP contribution < -0.4 is 4.74 Å². The third kappa shape index (κ3) is 5.73. The summed E-state index contributed by atoms with van der Waals surface area (Å²) in [6.07, 6.45) is 3.26. The van der Waals surface area contributed by atoms with E-state index in [-0.39, 0.29) is 43.2 Å². The quantitative estimate of drug-likeness (QED) is 0.428. The number of hydrogen-bond donors (Lipinski definition) is 0. The second-order valence-electron chi connectivity index (χ2n) is 9.27. The average molecular weight is 493 g/mol. The number of para-hydroxylation sites is 1. The molecule has 0 unspecified atom stereocenters. The normalized spacial score (nSPS) is 17.1. The predicted molar refractivity (Wildman–Crippen MR) is 134 cm³/mol. The molecular formula is C28H29FN2O3S. The number of thiophene rings is 1. The summed E-state index contributed by atoms with van der Waals surface area (Å²) in [6, 6.07) is 17.7. The van der Waals surface area contributed by atoms with Crippen molar-refractivity contribution in [3.8, 4) is 5.75 Å². The molecule has 0 bridgehead atoms. The van der Waals surface area contributed by atoms with Crippen LogP contribution in [0.4, 0.5) is 4.39 Å². The van der Waals surface area contributed by atoms with Gasteiger partial charge in [-0.15, -0.1) is 11.3 Å². The summed E-state index contributed by atoms with van der Waals surface area (Å²) in [5.41, 5.74) is 2.00. The standard InChI is InChI=1S/C28H29FN2O3S/c29-23-8-4-5-9-25(23)34-19-24-22-13-15-35-26(22)12-14-31(24)28(33)18-30(17-21-10-11-21)27(32)16-20-6-2-1-3-7-20/h1-9,13,15,21,24H,10-12,14,16-19H2/t24-/m1/s1. The van der Waals surface area contributed by atoms with Gasteiger partial charge in [0.25, 0.3) is 0 Å². The zero-order chi connectivity index (χ0) is 24.2. The maximum Gasteiger partial charge on any atom is 0.242 e. The molecule has 0 radical (unpaired) electrons. The maximum atomic E-state index is 14.2. The Balaban J connectivity index is 1.31. The molecule has 7 heteroatoms. The van der Waals surface area contributed by atoms with Gasteiger partial charge >= 0.3 is 0 Å². The predicted octanol–water partition coefficient (Wildman–Crippen LogP) is 4.87. The van der Waals surface area contributed by atoms with Crippen molar-refractivity contribution in [1.82, 2.24) is 9.80 Å². The lowest BCUT2D eigenvalue weighted by molar-refractivity contribution is -0.142. The summed E-state index contributed by atoms with van der Waals surface area (Å²) in [5.74, 6) is 0.118. The van der Waals surface area contributed by atoms with Gasteiger partial charge in [-0.25, -0.2) is 4.39 Å². The first-order valence-electron chi connectivity index (χ1n) is 12.1. The van der Waals surface area contributed by atoms with Gasteiger partial charge in [0.2, 0.25) is 11.8 Å². The van der Waals surface area contributed by atoms with Crippen molar-refractivity contribution < 1.29 is 18.7 Å². The molecule has 0 spiro atoms. The Labute approximate surface area is 209 Å². The zero-order valence-electron chi connectivity index (χ0n) is 19.6. The zero-order valence-corrected chi connectivity index (χ0v) is 20.4. The van der Waals surface area contributed by atoms with Gasteiger partial charge < -0.3 is 14.5 Å². The molecule has 2 heterocycles. The van der Waals surface area contributed by atoms with E-state index in [0.717, 1.165) is 30.4 Å². The second-order valence-corrected chi connectivity index (χ2v) is 10.3. The van der Waals surface area contributed by atoms with Gasteiger partial charge in [0.1, 0.15) is 6.61 Å². The SMILES string of the molecule is O=C(Cc1ccccc1)N(CC(=O)N1CCc2sccc2[C@H]1COc1ccccc1F)CC1CC1. The third-order valence-electron chi connectivity index (χ3n) is 6.70. The highest BCUT2D eigenvalue weighted by atomic mass is 32.1. The minimum absolute atomic E-state index is 0.0242. The molecule has 1 aliphatic heterocycles. The molecule has 182 valence electrons. The first-order valence-corrected chi connectivity index (χ1v) is 13.0. The lowest BCUT2D eigenvalue weighted by atomic mass is 10.00. The first-order chi connectivity index (χ1) is 17.1. The fourth-order valence-corrected chi connectivity index (χ4v) is 5.54. The Morgan fingerprint density at radius 1 is 1.06 bits per heavy atom. The number of halogens is 1. The highest BCUT2D eigenvalue weighted by molar-refractivity contribution is 7.10. The topological polar surface area (TPSA) is 49.9 Å².